The Hall–Kier alpha value is -2.77. The van der Waals surface area contributed by atoms with Crippen LogP contribution >= 0.6 is 25.8 Å². The molecule has 1 aliphatic carbocycles. The molecule has 0 bridgehead atoms. The molecule has 0 amide bonds. The molecule has 2 unspecified atom stereocenters. The second-order valence-corrected chi connectivity index (χ2v) is 16.8. The average molecular weight is 697 g/mol. The summed E-state index contributed by atoms with van der Waals surface area (Å²) in [7, 11) is 0. The Bertz CT molecular complexity index is 2100. The Balaban J connectivity index is 1.05. The molecule has 45 heavy (non-hydrogen) atoms. The number of aromatic amines is 1. The van der Waals surface area contributed by atoms with E-state index in [0.29, 0.717) is 29.0 Å². The van der Waals surface area contributed by atoms with E-state index in [0.717, 1.165) is 0 Å². The van der Waals surface area contributed by atoms with Crippen molar-refractivity contribution in [3.8, 4) is 0 Å². The first kappa shape index (κ1) is 29.6. The SMILES string of the molecule is Nc1ncnc2c1ncn2[C@H]1C[C@@H]2OP(O)(=S)OC[C@H]3C[C@@H](n4cnc5c(=O)[nH]c6nccn6c54)[C@@H]3COP(=O)(S)OC[C@H]2O1. The van der Waals surface area contributed by atoms with Gasteiger partial charge >= 0.3 is 13.5 Å². The number of nitrogen functional groups attached to an aromatic ring is 1. The molecule has 7 heterocycles. The summed E-state index contributed by atoms with van der Waals surface area (Å²) in [5.74, 6) is 0.127. The van der Waals surface area contributed by atoms with Crippen LogP contribution in [-0.2, 0) is 39.2 Å². The predicted octanol–water partition coefficient (Wildman–Crippen LogP) is 1.96. The summed E-state index contributed by atoms with van der Waals surface area (Å²) in [4.78, 5) is 47.5. The van der Waals surface area contributed by atoms with E-state index in [4.69, 9.17) is 40.4 Å². The average Bonchev–Trinajstić information content (AvgIpc) is 3.77. The number of anilines is 1. The van der Waals surface area contributed by atoms with Crippen LogP contribution in [0.1, 0.15) is 25.1 Å². The van der Waals surface area contributed by atoms with Crippen molar-refractivity contribution in [3.05, 3.63) is 41.7 Å². The lowest BCUT2D eigenvalue weighted by Crippen LogP contribution is -2.43. The molecule has 238 valence electrons. The highest BCUT2D eigenvalue weighted by molar-refractivity contribution is 8.44. The number of fused-ring (bicyclic) bond motifs is 6. The zero-order chi connectivity index (χ0) is 31.1. The van der Waals surface area contributed by atoms with E-state index in [2.05, 4.69) is 42.2 Å². The lowest BCUT2D eigenvalue weighted by atomic mass is 9.70. The van der Waals surface area contributed by atoms with Crippen LogP contribution in [0.25, 0.3) is 28.1 Å². The van der Waals surface area contributed by atoms with Crippen molar-refractivity contribution in [1.29, 1.82) is 0 Å². The van der Waals surface area contributed by atoms with Gasteiger partial charge in [-0.25, -0.2) is 29.5 Å². The summed E-state index contributed by atoms with van der Waals surface area (Å²) in [6.07, 6.45) is 6.22. The van der Waals surface area contributed by atoms with Crippen LogP contribution in [0.15, 0.2) is 36.2 Å². The van der Waals surface area contributed by atoms with Gasteiger partial charge in [0.2, 0.25) is 5.78 Å². The van der Waals surface area contributed by atoms with Gasteiger partial charge in [0.15, 0.2) is 22.6 Å². The summed E-state index contributed by atoms with van der Waals surface area (Å²) < 4.78 is 48.1. The fourth-order valence-electron chi connectivity index (χ4n) is 6.25. The number of rotatable bonds is 2. The normalized spacial score (nSPS) is 34.5. The second-order valence-electron chi connectivity index (χ2n) is 11.0. The molecule has 8 rings (SSSR count). The van der Waals surface area contributed by atoms with Crippen molar-refractivity contribution < 1.29 is 32.3 Å². The fourth-order valence-corrected chi connectivity index (χ4v) is 8.94. The number of imidazole rings is 3. The van der Waals surface area contributed by atoms with E-state index in [1.165, 1.54) is 12.7 Å². The predicted molar refractivity (Wildman–Crippen MR) is 164 cm³/mol. The Morgan fingerprint density at radius 1 is 1.02 bits per heavy atom. The zero-order valence-corrected chi connectivity index (χ0v) is 26.6. The Kier molecular flexibility index (Phi) is 7.18. The third kappa shape index (κ3) is 5.22. The molecule has 0 aromatic carbocycles. The van der Waals surface area contributed by atoms with Gasteiger partial charge in [0.25, 0.3) is 5.56 Å². The van der Waals surface area contributed by atoms with Gasteiger partial charge in [-0.3, -0.25) is 23.3 Å². The third-order valence-electron chi connectivity index (χ3n) is 8.51. The smallest absolute Gasteiger partial charge is 0.382 e. The minimum Gasteiger partial charge on any atom is -0.382 e. The quantitative estimate of drug-likeness (QED) is 0.153. The third-order valence-corrected chi connectivity index (χ3v) is 11.7. The van der Waals surface area contributed by atoms with Crippen molar-refractivity contribution >= 4 is 71.5 Å². The molecule has 2 saturated heterocycles. The summed E-state index contributed by atoms with van der Waals surface area (Å²) in [5, 5.41) is 0. The molecule has 22 heteroatoms. The van der Waals surface area contributed by atoms with Crippen molar-refractivity contribution in [2.45, 2.75) is 37.3 Å². The number of hydrogen-bond acceptors (Lipinski definition) is 14. The standard InChI is InChI=1S/C23H26N10O8P2S2/c24-19-17-20(27-8-26-19)33(10-28-17)16-4-14-15(40-16)7-39-42(35,44)38-6-12-11(5-37-43(36,45)41-14)3-13(12)32-9-29-18-21(34)30-23-25-1-2-31(23)22(18)32/h1-2,8-16H,3-7H2,(H,35,44)(H,36,45)(H2,24,26,27)(H,25,30,34)/t11-,12-,13-,14+,15-,16-,42?,43?/m1/s1. The van der Waals surface area contributed by atoms with Gasteiger partial charge in [0, 0.05) is 30.8 Å². The molecular weight excluding hydrogens is 670 g/mol. The molecule has 4 N–H and O–H groups in total. The van der Waals surface area contributed by atoms with Crippen molar-refractivity contribution in [2.75, 3.05) is 25.6 Å². The second kappa shape index (κ2) is 10.9. The molecule has 5 aromatic rings. The number of ether oxygens (including phenoxy) is 1. The monoisotopic (exact) mass is 696 g/mol. The van der Waals surface area contributed by atoms with Gasteiger partial charge in [0.1, 0.15) is 24.2 Å². The van der Waals surface area contributed by atoms with Crippen LogP contribution in [-0.4, -0.2) is 80.4 Å². The van der Waals surface area contributed by atoms with Crippen molar-refractivity contribution in [3.63, 3.8) is 0 Å². The Morgan fingerprint density at radius 2 is 1.82 bits per heavy atom. The van der Waals surface area contributed by atoms with E-state index in [9.17, 15) is 14.3 Å². The van der Waals surface area contributed by atoms with Gasteiger partial charge in [-0.2, -0.15) is 0 Å². The van der Waals surface area contributed by atoms with Crippen LogP contribution < -0.4 is 11.3 Å². The van der Waals surface area contributed by atoms with Crippen molar-refractivity contribution in [1.82, 2.24) is 43.4 Å². The van der Waals surface area contributed by atoms with E-state index in [1.54, 1.807) is 27.7 Å². The van der Waals surface area contributed by atoms with Crippen LogP contribution in [0.5, 0.6) is 0 Å². The molecular formula is C23H26N10O8P2S2. The van der Waals surface area contributed by atoms with Crippen LogP contribution in [0.4, 0.5) is 5.82 Å². The first-order valence-corrected chi connectivity index (χ1v) is 19.1. The van der Waals surface area contributed by atoms with E-state index in [-0.39, 0.29) is 61.0 Å². The molecule has 18 nitrogen and oxygen atoms in total. The topological polar surface area (TPSA) is 221 Å². The number of nitrogens with one attached hydrogen (secondary N) is 1. The lowest BCUT2D eigenvalue weighted by Gasteiger charge is -2.45. The molecule has 0 spiro atoms. The minimum absolute atomic E-state index is 0.0235. The van der Waals surface area contributed by atoms with Crippen molar-refractivity contribution in [2.24, 2.45) is 11.8 Å². The summed E-state index contributed by atoms with van der Waals surface area (Å²) in [6, 6.07) is -0.224. The van der Waals surface area contributed by atoms with E-state index in [1.807, 2.05) is 4.57 Å². The van der Waals surface area contributed by atoms with Gasteiger partial charge in [-0.1, -0.05) is 12.2 Å². The van der Waals surface area contributed by atoms with E-state index >= 15 is 0 Å². The summed E-state index contributed by atoms with van der Waals surface area (Å²) in [6.45, 7) is -7.88. The molecule has 8 atom stereocenters. The number of nitrogens with two attached hydrogens (primary N) is 1. The zero-order valence-electron chi connectivity index (χ0n) is 23.1. The first-order valence-electron chi connectivity index (χ1n) is 13.8. The maximum absolute atomic E-state index is 13.4. The minimum atomic E-state index is -3.89. The number of thiol groups is 1. The van der Waals surface area contributed by atoms with Gasteiger partial charge < -0.3 is 33.5 Å². The largest absolute Gasteiger partial charge is 0.386 e. The number of H-pyrrole nitrogens is 1. The lowest BCUT2D eigenvalue weighted by molar-refractivity contribution is -0.0375. The van der Waals surface area contributed by atoms with Crippen LogP contribution in [0.3, 0.4) is 0 Å². The van der Waals surface area contributed by atoms with Gasteiger partial charge in [-0.15, -0.1) is 0 Å². The highest BCUT2D eigenvalue weighted by atomic mass is 32.7. The number of aromatic nitrogens is 9. The van der Waals surface area contributed by atoms with Crippen LogP contribution in [0.2, 0.25) is 0 Å². The number of nitrogens with zero attached hydrogens (tertiary/aromatic N) is 8. The Labute approximate surface area is 263 Å². The van der Waals surface area contributed by atoms with Gasteiger partial charge in [0.05, 0.1) is 38.6 Å². The van der Waals surface area contributed by atoms with Crippen LogP contribution in [0, 0.1) is 11.8 Å². The molecule has 3 fully saturated rings. The highest BCUT2D eigenvalue weighted by Gasteiger charge is 2.47. The van der Waals surface area contributed by atoms with E-state index < -0.39 is 32.0 Å². The maximum atomic E-state index is 13.4. The molecule has 3 aliphatic rings. The summed E-state index contributed by atoms with van der Waals surface area (Å²) in [5.41, 5.74) is 7.22. The van der Waals surface area contributed by atoms with Gasteiger partial charge in [-0.05, 0) is 24.1 Å². The fraction of sp³-hybridized carbons (Fsp3) is 0.478. The summed E-state index contributed by atoms with van der Waals surface area (Å²) >= 11 is 9.63. The molecule has 2 aliphatic heterocycles. The first-order chi connectivity index (χ1) is 21.6. The molecule has 1 saturated carbocycles. The molecule has 0 radical (unpaired) electrons. The Morgan fingerprint density at radius 3 is 2.69 bits per heavy atom. The maximum Gasteiger partial charge on any atom is 0.386 e. The molecule has 5 aromatic heterocycles. The highest BCUT2D eigenvalue weighted by Crippen LogP contribution is 2.58. The number of hydrogen-bond donors (Lipinski definition) is 4.